The summed E-state index contributed by atoms with van der Waals surface area (Å²) in [5.74, 6) is 0. The van der Waals surface area contributed by atoms with Crippen molar-refractivity contribution in [2.75, 3.05) is 5.32 Å². The number of hydrogen-bond acceptors (Lipinski definition) is 1. The van der Waals surface area contributed by atoms with Gasteiger partial charge in [0.1, 0.15) is 0 Å². The lowest BCUT2D eigenvalue weighted by Gasteiger charge is -2.17. The van der Waals surface area contributed by atoms with Crippen LogP contribution < -0.4 is 5.32 Å². The number of nitrogens with one attached hydrogen (secondary N) is 1. The Morgan fingerprint density at radius 3 is 2.74 bits per heavy atom. The van der Waals surface area contributed by atoms with E-state index in [1.54, 1.807) is 0 Å². The Hall–Kier alpha value is -0.700. The van der Waals surface area contributed by atoms with E-state index in [4.69, 9.17) is 23.2 Å². The lowest BCUT2D eigenvalue weighted by molar-refractivity contribution is 0.762. The first kappa shape index (κ1) is 13.3. The van der Waals surface area contributed by atoms with Gasteiger partial charge in [-0.2, -0.15) is 0 Å². The van der Waals surface area contributed by atoms with Gasteiger partial charge in [-0.3, -0.25) is 0 Å². The maximum Gasteiger partial charge on any atom is 0.0648 e. The van der Waals surface area contributed by atoms with E-state index in [2.05, 4.69) is 33.4 Å². The predicted octanol–water partition coefficient (Wildman–Crippen LogP) is 5.86. The Morgan fingerprint density at radius 1 is 1.11 bits per heavy atom. The standard InChI is InChI=1S/C15H12BrCl2N/c16-10-2-6-15(13(18)8-10)19-14-5-1-9-7-11(17)3-4-12(9)14/h2-4,6-8,14,19H,1,5H2. The van der Waals surface area contributed by atoms with Gasteiger partial charge in [-0.05, 0) is 54.3 Å². The van der Waals surface area contributed by atoms with Gasteiger partial charge in [-0.15, -0.1) is 0 Å². The molecule has 0 spiro atoms. The molecule has 0 heterocycles. The number of fused-ring (bicyclic) bond motifs is 1. The van der Waals surface area contributed by atoms with Crippen molar-refractivity contribution in [2.24, 2.45) is 0 Å². The fraction of sp³-hybridized carbons (Fsp3) is 0.200. The van der Waals surface area contributed by atoms with E-state index in [0.717, 1.165) is 33.0 Å². The van der Waals surface area contributed by atoms with Crippen LogP contribution in [0.15, 0.2) is 40.9 Å². The molecule has 0 fully saturated rings. The summed E-state index contributed by atoms with van der Waals surface area (Å²) in [7, 11) is 0. The van der Waals surface area contributed by atoms with Crippen LogP contribution in [0.3, 0.4) is 0 Å². The van der Waals surface area contributed by atoms with Crippen molar-refractivity contribution in [3.8, 4) is 0 Å². The average Bonchev–Trinajstić information content (AvgIpc) is 2.75. The van der Waals surface area contributed by atoms with Gasteiger partial charge in [0.2, 0.25) is 0 Å². The van der Waals surface area contributed by atoms with E-state index in [1.165, 1.54) is 11.1 Å². The topological polar surface area (TPSA) is 12.0 Å². The molecule has 1 N–H and O–H groups in total. The monoisotopic (exact) mass is 355 g/mol. The third kappa shape index (κ3) is 2.76. The van der Waals surface area contributed by atoms with Gasteiger partial charge in [0, 0.05) is 9.50 Å². The first-order valence-corrected chi connectivity index (χ1v) is 7.68. The summed E-state index contributed by atoms with van der Waals surface area (Å²) >= 11 is 15.7. The van der Waals surface area contributed by atoms with E-state index in [-0.39, 0.29) is 0 Å². The summed E-state index contributed by atoms with van der Waals surface area (Å²) in [5, 5.41) is 5.06. The summed E-state index contributed by atoms with van der Waals surface area (Å²) in [4.78, 5) is 0. The molecule has 1 aliphatic rings. The van der Waals surface area contributed by atoms with Crippen molar-refractivity contribution in [3.63, 3.8) is 0 Å². The number of benzene rings is 2. The van der Waals surface area contributed by atoms with E-state index in [1.807, 2.05) is 24.3 Å². The number of anilines is 1. The summed E-state index contributed by atoms with van der Waals surface area (Å²) in [5.41, 5.74) is 3.62. The zero-order valence-electron chi connectivity index (χ0n) is 10.1. The van der Waals surface area contributed by atoms with E-state index >= 15 is 0 Å². The van der Waals surface area contributed by atoms with Gasteiger partial charge in [0.15, 0.2) is 0 Å². The second-order valence-corrected chi connectivity index (χ2v) is 6.46. The SMILES string of the molecule is Clc1ccc2c(c1)CCC2Nc1ccc(Br)cc1Cl. The molecule has 2 aromatic rings. The zero-order chi connectivity index (χ0) is 13.4. The van der Waals surface area contributed by atoms with Crippen molar-refractivity contribution in [3.05, 3.63) is 62.0 Å². The highest BCUT2D eigenvalue weighted by Crippen LogP contribution is 2.37. The van der Waals surface area contributed by atoms with Crippen LogP contribution in [0.4, 0.5) is 5.69 Å². The molecule has 0 radical (unpaired) electrons. The molecule has 0 saturated carbocycles. The molecule has 1 atom stereocenters. The summed E-state index contributed by atoms with van der Waals surface area (Å²) in [6, 6.07) is 12.3. The molecular weight excluding hydrogens is 345 g/mol. The lowest BCUT2D eigenvalue weighted by Crippen LogP contribution is -2.07. The highest BCUT2D eigenvalue weighted by atomic mass is 79.9. The van der Waals surface area contributed by atoms with Gasteiger partial charge in [0.25, 0.3) is 0 Å². The lowest BCUT2D eigenvalue weighted by atomic mass is 10.1. The highest BCUT2D eigenvalue weighted by molar-refractivity contribution is 9.10. The number of rotatable bonds is 2. The maximum absolute atomic E-state index is 6.25. The molecule has 3 rings (SSSR count). The first-order valence-electron chi connectivity index (χ1n) is 6.13. The number of hydrogen-bond donors (Lipinski definition) is 1. The van der Waals surface area contributed by atoms with Gasteiger partial charge in [-0.25, -0.2) is 0 Å². The Labute approximate surface area is 131 Å². The maximum atomic E-state index is 6.25. The minimum Gasteiger partial charge on any atom is -0.377 e. The second kappa shape index (κ2) is 5.35. The molecule has 0 aromatic heterocycles. The van der Waals surface area contributed by atoms with E-state index < -0.39 is 0 Å². The fourth-order valence-electron chi connectivity index (χ4n) is 2.53. The molecule has 19 heavy (non-hydrogen) atoms. The van der Waals surface area contributed by atoms with Crippen LogP contribution in [0.2, 0.25) is 10.0 Å². The third-order valence-electron chi connectivity index (χ3n) is 3.44. The number of halogens is 3. The second-order valence-electron chi connectivity index (χ2n) is 4.70. The molecule has 0 bridgehead atoms. The Balaban J connectivity index is 1.86. The molecule has 98 valence electrons. The molecule has 0 aliphatic heterocycles. The smallest absolute Gasteiger partial charge is 0.0648 e. The molecule has 1 unspecified atom stereocenters. The van der Waals surface area contributed by atoms with E-state index in [9.17, 15) is 0 Å². The Kier molecular flexibility index (Phi) is 3.75. The third-order valence-corrected chi connectivity index (χ3v) is 4.48. The van der Waals surface area contributed by atoms with E-state index in [0.29, 0.717) is 6.04 Å². The van der Waals surface area contributed by atoms with Crippen molar-refractivity contribution in [1.82, 2.24) is 0 Å². The van der Waals surface area contributed by atoms with Crippen LogP contribution in [0.5, 0.6) is 0 Å². The minimum atomic E-state index is 0.311. The van der Waals surface area contributed by atoms with Crippen molar-refractivity contribution in [1.29, 1.82) is 0 Å². The van der Waals surface area contributed by atoms with Gasteiger partial charge in [-0.1, -0.05) is 45.2 Å². The quantitative estimate of drug-likeness (QED) is 0.711. The average molecular weight is 357 g/mol. The Morgan fingerprint density at radius 2 is 1.95 bits per heavy atom. The fourth-order valence-corrected chi connectivity index (χ4v) is 3.45. The molecule has 2 aromatic carbocycles. The van der Waals surface area contributed by atoms with Crippen molar-refractivity contribution in [2.45, 2.75) is 18.9 Å². The molecule has 4 heteroatoms. The molecule has 1 nitrogen and oxygen atoms in total. The van der Waals surface area contributed by atoms with Gasteiger partial charge >= 0.3 is 0 Å². The van der Waals surface area contributed by atoms with Gasteiger partial charge < -0.3 is 5.32 Å². The summed E-state index contributed by atoms with van der Waals surface area (Å²) in [6.45, 7) is 0. The Bertz CT molecular complexity index is 628. The first-order chi connectivity index (χ1) is 9.13. The number of aryl methyl sites for hydroxylation is 1. The van der Waals surface area contributed by atoms with Gasteiger partial charge in [0.05, 0.1) is 16.8 Å². The molecule has 0 saturated heterocycles. The van der Waals surface area contributed by atoms with Crippen LogP contribution in [-0.4, -0.2) is 0 Å². The van der Waals surface area contributed by atoms with Crippen LogP contribution >= 0.6 is 39.1 Å². The summed E-state index contributed by atoms with van der Waals surface area (Å²) in [6.07, 6.45) is 2.13. The normalized spacial score (nSPS) is 17.3. The van der Waals surface area contributed by atoms with Crippen LogP contribution in [0.1, 0.15) is 23.6 Å². The van der Waals surface area contributed by atoms with Crippen molar-refractivity contribution >= 4 is 44.8 Å². The van der Waals surface area contributed by atoms with Crippen molar-refractivity contribution < 1.29 is 0 Å². The van der Waals surface area contributed by atoms with Crippen LogP contribution in [-0.2, 0) is 6.42 Å². The van der Waals surface area contributed by atoms with Crippen LogP contribution in [0, 0.1) is 0 Å². The molecule has 0 amide bonds. The highest BCUT2D eigenvalue weighted by Gasteiger charge is 2.22. The predicted molar refractivity (Wildman–Crippen MR) is 85.3 cm³/mol. The molecular formula is C15H12BrCl2N. The summed E-state index contributed by atoms with van der Waals surface area (Å²) < 4.78 is 0.988. The van der Waals surface area contributed by atoms with Crippen LogP contribution in [0.25, 0.3) is 0 Å². The largest absolute Gasteiger partial charge is 0.377 e. The minimum absolute atomic E-state index is 0.311. The molecule has 1 aliphatic carbocycles. The zero-order valence-corrected chi connectivity index (χ0v) is 13.2.